The molecule has 0 aliphatic carbocycles. The molecular formula is C19H17FN2O2. The highest BCUT2D eigenvalue weighted by atomic mass is 19.1. The van der Waals surface area contributed by atoms with Crippen LogP contribution in [-0.4, -0.2) is 26.0 Å². The van der Waals surface area contributed by atoms with E-state index in [-0.39, 0.29) is 11.5 Å². The molecule has 0 atom stereocenters. The van der Waals surface area contributed by atoms with Gasteiger partial charge in [0.05, 0.1) is 0 Å². The van der Waals surface area contributed by atoms with Crippen molar-refractivity contribution in [3.8, 4) is 0 Å². The summed E-state index contributed by atoms with van der Waals surface area (Å²) in [6.45, 7) is 0. The van der Waals surface area contributed by atoms with Crippen LogP contribution in [0.5, 0.6) is 0 Å². The summed E-state index contributed by atoms with van der Waals surface area (Å²) in [5.74, 6) is -0.447. The normalized spacial score (nSPS) is 15.4. The van der Waals surface area contributed by atoms with Gasteiger partial charge in [0.25, 0.3) is 0 Å². The molecule has 3 rings (SSSR count). The van der Waals surface area contributed by atoms with Crippen molar-refractivity contribution in [2.24, 2.45) is 4.99 Å². The van der Waals surface area contributed by atoms with E-state index in [0.29, 0.717) is 12.3 Å². The van der Waals surface area contributed by atoms with E-state index >= 15 is 0 Å². The molecule has 2 aromatic carbocycles. The van der Waals surface area contributed by atoms with Crippen molar-refractivity contribution in [1.82, 2.24) is 0 Å². The number of carbonyl (C=O) groups is 1. The largest absolute Gasteiger partial charge is 0.406 e. The Morgan fingerprint density at radius 1 is 1.08 bits per heavy atom. The van der Waals surface area contributed by atoms with Gasteiger partial charge in [-0.25, -0.2) is 14.2 Å². The first-order valence-electron chi connectivity index (χ1n) is 7.54. The SMILES string of the molecule is CN(C)c1ccc(/C=C2/N=C(Cc3ccc(F)cc3)OC2=O)cc1. The Bertz CT molecular complexity index is 806. The first-order valence-corrected chi connectivity index (χ1v) is 7.54. The Labute approximate surface area is 139 Å². The number of ether oxygens (including phenoxy) is 1. The van der Waals surface area contributed by atoms with Gasteiger partial charge in [0, 0.05) is 26.2 Å². The molecule has 4 nitrogen and oxygen atoms in total. The summed E-state index contributed by atoms with van der Waals surface area (Å²) in [7, 11) is 3.93. The van der Waals surface area contributed by atoms with Crippen molar-refractivity contribution in [2.45, 2.75) is 6.42 Å². The van der Waals surface area contributed by atoms with Crippen LogP contribution in [-0.2, 0) is 16.0 Å². The highest BCUT2D eigenvalue weighted by Crippen LogP contribution is 2.19. The van der Waals surface area contributed by atoms with Crippen LogP contribution in [0.15, 0.2) is 59.2 Å². The maximum Gasteiger partial charge on any atom is 0.363 e. The number of anilines is 1. The summed E-state index contributed by atoms with van der Waals surface area (Å²) in [4.78, 5) is 18.2. The van der Waals surface area contributed by atoms with Gasteiger partial charge in [0.1, 0.15) is 5.82 Å². The Hall–Kier alpha value is -2.95. The third-order valence-electron chi connectivity index (χ3n) is 3.65. The summed E-state index contributed by atoms with van der Waals surface area (Å²) >= 11 is 0. The number of aliphatic imine (C=N–C) groups is 1. The number of carbonyl (C=O) groups excluding carboxylic acids is 1. The molecule has 2 aromatic rings. The number of nitrogens with zero attached hydrogens (tertiary/aromatic N) is 2. The molecule has 0 amide bonds. The molecule has 0 bridgehead atoms. The maximum absolute atomic E-state index is 12.9. The van der Waals surface area contributed by atoms with E-state index in [0.717, 1.165) is 16.8 Å². The first-order chi connectivity index (χ1) is 11.5. The number of halogens is 1. The van der Waals surface area contributed by atoms with E-state index in [9.17, 15) is 9.18 Å². The van der Waals surface area contributed by atoms with Gasteiger partial charge in [-0.05, 0) is 41.5 Å². The molecule has 24 heavy (non-hydrogen) atoms. The van der Waals surface area contributed by atoms with E-state index in [4.69, 9.17) is 4.74 Å². The quantitative estimate of drug-likeness (QED) is 0.639. The molecule has 0 fully saturated rings. The molecule has 122 valence electrons. The lowest BCUT2D eigenvalue weighted by atomic mass is 10.1. The van der Waals surface area contributed by atoms with Crippen LogP contribution in [0.1, 0.15) is 11.1 Å². The lowest BCUT2D eigenvalue weighted by molar-refractivity contribution is -0.130. The highest BCUT2D eigenvalue weighted by Gasteiger charge is 2.22. The van der Waals surface area contributed by atoms with E-state index < -0.39 is 5.97 Å². The second-order valence-electron chi connectivity index (χ2n) is 5.71. The van der Waals surface area contributed by atoms with E-state index in [2.05, 4.69) is 4.99 Å². The van der Waals surface area contributed by atoms with Crippen LogP contribution in [0.3, 0.4) is 0 Å². The monoisotopic (exact) mass is 324 g/mol. The lowest BCUT2D eigenvalue weighted by Gasteiger charge is -2.11. The molecule has 1 aliphatic heterocycles. The smallest absolute Gasteiger partial charge is 0.363 e. The van der Waals surface area contributed by atoms with Crippen LogP contribution in [0.25, 0.3) is 6.08 Å². The number of esters is 1. The predicted molar refractivity (Wildman–Crippen MR) is 92.4 cm³/mol. The molecule has 0 radical (unpaired) electrons. The van der Waals surface area contributed by atoms with Crippen molar-refractivity contribution >= 4 is 23.6 Å². The number of cyclic esters (lactones) is 1. The Morgan fingerprint density at radius 2 is 1.75 bits per heavy atom. The minimum Gasteiger partial charge on any atom is -0.406 e. The highest BCUT2D eigenvalue weighted by molar-refractivity contribution is 6.07. The second-order valence-corrected chi connectivity index (χ2v) is 5.71. The Kier molecular flexibility index (Phi) is 4.42. The maximum atomic E-state index is 12.9. The minimum absolute atomic E-state index is 0.268. The standard InChI is InChI=1S/C19H17FN2O2/c1-22(2)16-9-5-13(6-10-16)11-17-19(23)24-18(21-17)12-14-3-7-15(20)8-4-14/h3-11H,12H2,1-2H3/b17-11+. The zero-order valence-corrected chi connectivity index (χ0v) is 13.5. The van der Waals surface area contributed by atoms with Gasteiger partial charge in [-0.15, -0.1) is 0 Å². The fraction of sp³-hybridized carbons (Fsp3) is 0.158. The number of hydrogen-bond donors (Lipinski definition) is 0. The van der Waals surface area contributed by atoms with Crippen LogP contribution in [0, 0.1) is 5.82 Å². The van der Waals surface area contributed by atoms with Crippen molar-refractivity contribution in [1.29, 1.82) is 0 Å². The van der Waals surface area contributed by atoms with Crippen LogP contribution >= 0.6 is 0 Å². The first kappa shape index (κ1) is 15.9. The fourth-order valence-corrected chi connectivity index (χ4v) is 2.33. The third kappa shape index (κ3) is 3.68. The summed E-state index contributed by atoms with van der Waals surface area (Å²) in [6, 6.07) is 13.8. The topological polar surface area (TPSA) is 41.9 Å². The van der Waals surface area contributed by atoms with Gasteiger partial charge < -0.3 is 9.64 Å². The molecule has 0 saturated carbocycles. The lowest BCUT2D eigenvalue weighted by Crippen LogP contribution is -2.08. The average Bonchev–Trinajstić information content (AvgIpc) is 2.89. The fourth-order valence-electron chi connectivity index (χ4n) is 2.33. The Morgan fingerprint density at radius 3 is 2.38 bits per heavy atom. The number of rotatable bonds is 4. The van der Waals surface area contributed by atoms with E-state index in [1.54, 1.807) is 18.2 Å². The minimum atomic E-state index is -0.469. The molecule has 0 spiro atoms. The summed E-state index contributed by atoms with van der Waals surface area (Å²) in [5, 5.41) is 0. The van der Waals surface area contributed by atoms with Gasteiger partial charge in [-0.2, -0.15) is 0 Å². The second kappa shape index (κ2) is 6.66. The molecule has 1 aliphatic rings. The van der Waals surface area contributed by atoms with Gasteiger partial charge in [-0.1, -0.05) is 24.3 Å². The molecule has 0 N–H and O–H groups in total. The molecular weight excluding hydrogens is 307 g/mol. The van der Waals surface area contributed by atoms with Crippen LogP contribution in [0.4, 0.5) is 10.1 Å². The van der Waals surface area contributed by atoms with Gasteiger partial charge in [-0.3, -0.25) is 0 Å². The molecule has 0 unspecified atom stereocenters. The van der Waals surface area contributed by atoms with Crippen molar-refractivity contribution in [3.05, 3.63) is 71.2 Å². The summed E-state index contributed by atoms with van der Waals surface area (Å²) in [5.41, 5.74) is 3.05. The molecule has 1 heterocycles. The molecule has 5 heteroatoms. The number of benzene rings is 2. The van der Waals surface area contributed by atoms with Crippen molar-refractivity contribution in [3.63, 3.8) is 0 Å². The van der Waals surface area contributed by atoms with E-state index in [1.807, 2.05) is 43.3 Å². The number of hydrogen-bond acceptors (Lipinski definition) is 4. The van der Waals surface area contributed by atoms with E-state index in [1.165, 1.54) is 12.1 Å². The zero-order valence-electron chi connectivity index (χ0n) is 13.5. The Balaban J connectivity index is 1.76. The predicted octanol–water partition coefficient (Wildman–Crippen LogP) is 3.43. The van der Waals surface area contributed by atoms with Gasteiger partial charge in [0.2, 0.25) is 5.90 Å². The van der Waals surface area contributed by atoms with Crippen LogP contribution in [0.2, 0.25) is 0 Å². The van der Waals surface area contributed by atoms with Gasteiger partial charge >= 0.3 is 5.97 Å². The zero-order chi connectivity index (χ0) is 17.1. The average molecular weight is 324 g/mol. The van der Waals surface area contributed by atoms with Crippen molar-refractivity contribution in [2.75, 3.05) is 19.0 Å². The van der Waals surface area contributed by atoms with Gasteiger partial charge in [0.15, 0.2) is 5.70 Å². The summed E-state index contributed by atoms with van der Waals surface area (Å²) < 4.78 is 18.1. The summed E-state index contributed by atoms with van der Waals surface area (Å²) in [6.07, 6.45) is 2.04. The molecule has 0 aromatic heterocycles. The van der Waals surface area contributed by atoms with Crippen molar-refractivity contribution < 1.29 is 13.9 Å². The molecule has 0 saturated heterocycles. The van der Waals surface area contributed by atoms with Crippen LogP contribution < -0.4 is 4.90 Å². The third-order valence-corrected chi connectivity index (χ3v) is 3.65.